The van der Waals surface area contributed by atoms with Gasteiger partial charge >= 0.3 is 0 Å². The maximum atomic E-state index is 12.9. The average molecular weight is 242 g/mol. The number of anilines is 1. The maximum absolute atomic E-state index is 12.9. The second kappa shape index (κ2) is 5.05. The molecule has 2 rings (SSSR count). The van der Waals surface area contributed by atoms with Gasteiger partial charge in [-0.25, -0.2) is 4.39 Å². The summed E-state index contributed by atoms with van der Waals surface area (Å²) in [5.41, 5.74) is 0.836. The topological polar surface area (TPSA) is 12.0 Å². The fourth-order valence-electron chi connectivity index (χ4n) is 2.43. The molecule has 1 aromatic rings. The summed E-state index contributed by atoms with van der Waals surface area (Å²) < 4.78 is 12.9. The van der Waals surface area contributed by atoms with Crippen LogP contribution in [-0.2, 0) is 0 Å². The van der Waals surface area contributed by atoms with Crippen molar-refractivity contribution in [3.8, 4) is 0 Å². The third-order valence-corrected chi connectivity index (χ3v) is 3.73. The lowest BCUT2D eigenvalue weighted by atomic mass is 9.99. The van der Waals surface area contributed by atoms with Crippen molar-refractivity contribution in [1.29, 1.82) is 0 Å². The Labute approximate surface area is 101 Å². The Kier molecular flexibility index (Phi) is 3.70. The Morgan fingerprint density at radius 3 is 2.69 bits per heavy atom. The zero-order valence-corrected chi connectivity index (χ0v) is 10.2. The quantitative estimate of drug-likeness (QED) is 0.823. The van der Waals surface area contributed by atoms with E-state index in [0.29, 0.717) is 11.1 Å². The van der Waals surface area contributed by atoms with E-state index in [2.05, 4.69) is 12.2 Å². The number of hydrogen-bond acceptors (Lipinski definition) is 1. The minimum absolute atomic E-state index is 0.288. The van der Waals surface area contributed by atoms with Crippen LogP contribution in [0.2, 0.25) is 5.02 Å². The lowest BCUT2D eigenvalue weighted by Crippen LogP contribution is -2.23. The van der Waals surface area contributed by atoms with Crippen molar-refractivity contribution in [2.75, 3.05) is 5.32 Å². The van der Waals surface area contributed by atoms with Gasteiger partial charge in [-0.1, -0.05) is 24.4 Å². The molecule has 0 spiro atoms. The van der Waals surface area contributed by atoms with Crippen molar-refractivity contribution in [1.82, 2.24) is 0 Å². The Morgan fingerprint density at radius 2 is 2.06 bits per heavy atom. The molecule has 1 atom stereocenters. The SMILES string of the molecule is CC(Nc1ccc(F)cc1Cl)C1CCCC1. The van der Waals surface area contributed by atoms with Crippen LogP contribution in [0.15, 0.2) is 18.2 Å². The molecular weight excluding hydrogens is 225 g/mol. The van der Waals surface area contributed by atoms with Crippen LogP contribution in [0.5, 0.6) is 0 Å². The lowest BCUT2D eigenvalue weighted by molar-refractivity contribution is 0.482. The third kappa shape index (κ3) is 2.67. The molecule has 0 saturated heterocycles. The Morgan fingerprint density at radius 1 is 1.38 bits per heavy atom. The van der Waals surface area contributed by atoms with Gasteiger partial charge < -0.3 is 5.32 Å². The summed E-state index contributed by atoms with van der Waals surface area (Å²) in [4.78, 5) is 0. The molecule has 3 heteroatoms. The zero-order valence-electron chi connectivity index (χ0n) is 9.47. The number of halogens is 2. The molecular formula is C13H17ClFN. The largest absolute Gasteiger partial charge is 0.381 e. The van der Waals surface area contributed by atoms with Gasteiger partial charge in [0.1, 0.15) is 5.82 Å². The van der Waals surface area contributed by atoms with Crippen LogP contribution in [-0.4, -0.2) is 6.04 Å². The molecule has 0 amide bonds. The standard InChI is InChI=1S/C13H17ClFN/c1-9(10-4-2-3-5-10)16-13-7-6-11(15)8-12(13)14/h6-10,16H,2-5H2,1H3. The third-order valence-electron chi connectivity index (χ3n) is 3.42. The molecule has 1 unspecified atom stereocenters. The van der Waals surface area contributed by atoms with Crippen LogP contribution in [0.1, 0.15) is 32.6 Å². The first-order valence-electron chi connectivity index (χ1n) is 5.88. The highest BCUT2D eigenvalue weighted by molar-refractivity contribution is 6.33. The van der Waals surface area contributed by atoms with Gasteiger partial charge in [-0.2, -0.15) is 0 Å². The summed E-state index contributed by atoms with van der Waals surface area (Å²) in [6, 6.07) is 4.91. The van der Waals surface area contributed by atoms with Crippen molar-refractivity contribution in [3.05, 3.63) is 29.0 Å². The first-order valence-corrected chi connectivity index (χ1v) is 6.26. The lowest BCUT2D eigenvalue weighted by Gasteiger charge is -2.22. The average Bonchev–Trinajstić information content (AvgIpc) is 2.75. The predicted molar refractivity (Wildman–Crippen MR) is 66.5 cm³/mol. The van der Waals surface area contributed by atoms with E-state index in [1.54, 1.807) is 6.07 Å². The van der Waals surface area contributed by atoms with Crippen molar-refractivity contribution < 1.29 is 4.39 Å². The summed E-state index contributed by atoms with van der Waals surface area (Å²) in [7, 11) is 0. The molecule has 0 aromatic heterocycles. The van der Waals surface area contributed by atoms with Crippen LogP contribution < -0.4 is 5.32 Å². The van der Waals surface area contributed by atoms with E-state index in [1.165, 1.54) is 37.8 Å². The summed E-state index contributed by atoms with van der Waals surface area (Å²) in [5.74, 6) is 0.435. The second-order valence-electron chi connectivity index (χ2n) is 4.60. The van der Waals surface area contributed by atoms with Gasteiger partial charge in [0.2, 0.25) is 0 Å². The molecule has 88 valence electrons. The van der Waals surface area contributed by atoms with Crippen molar-refractivity contribution in [2.45, 2.75) is 38.6 Å². The van der Waals surface area contributed by atoms with Crippen LogP contribution in [0, 0.1) is 11.7 Å². The van der Waals surface area contributed by atoms with Crippen molar-refractivity contribution in [2.24, 2.45) is 5.92 Å². The maximum Gasteiger partial charge on any atom is 0.124 e. The van der Waals surface area contributed by atoms with E-state index in [1.807, 2.05) is 0 Å². The fourth-order valence-corrected chi connectivity index (χ4v) is 2.65. The smallest absolute Gasteiger partial charge is 0.124 e. The van der Waals surface area contributed by atoms with Crippen LogP contribution in [0.25, 0.3) is 0 Å². The van der Waals surface area contributed by atoms with Gasteiger partial charge in [0.25, 0.3) is 0 Å². The van der Waals surface area contributed by atoms with E-state index < -0.39 is 0 Å². The molecule has 1 saturated carbocycles. The van der Waals surface area contributed by atoms with Gasteiger partial charge in [0, 0.05) is 6.04 Å². The Bertz CT molecular complexity index is 361. The molecule has 1 aliphatic carbocycles. The van der Waals surface area contributed by atoms with Gasteiger partial charge in [-0.3, -0.25) is 0 Å². The number of hydrogen-bond donors (Lipinski definition) is 1. The molecule has 16 heavy (non-hydrogen) atoms. The summed E-state index contributed by atoms with van der Waals surface area (Å²) in [6.45, 7) is 2.18. The number of benzene rings is 1. The van der Waals surface area contributed by atoms with Crippen LogP contribution in [0.3, 0.4) is 0 Å². The van der Waals surface area contributed by atoms with E-state index in [4.69, 9.17) is 11.6 Å². The zero-order chi connectivity index (χ0) is 11.5. The predicted octanol–water partition coefficient (Wildman–Crippen LogP) is 4.47. The first kappa shape index (κ1) is 11.7. The molecule has 0 aliphatic heterocycles. The summed E-state index contributed by atoms with van der Waals surface area (Å²) in [6.07, 6.45) is 5.22. The molecule has 0 radical (unpaired) electrons. The first-order chi connectivity index (χ1) is 7.66. The molecule has 0 bridgehead atoms. The fraction of sp³-hybridized carbons (Fsp3) is 0.538. The highest BCUT2D eigenvalue weighted by Crippen LogP contribution is 2.31. The Balaban J connectivity index is 2.02. The van der Waals surface area contributed by atoms with E-state index in [-0.39, 0.29) is 5.82 Å². The molecule has 0 heterocycles. The van der Waals surface area contributed by atoms with E-state index in [9.17, 15) is 4.39 Å². The molecule has 1 N–H and O–H groups in total. The van der Waals surface area contributed by atoms with Crippen LogP contribution >= 0.6 is 11.6 Å². The monoisotopic (exact) mass is 241 g/mol. The van der Waals surface area contributed by atoms with Crippen molar-refractivity contribution >= 4 is 17.3 Å². The van der Waals surface area contributed by atoms with E-state index >= 15 is 0 Å². The summed E-state index contributed by atoms with van der Waals surface area (Å²) >= 11 is 5.98. The van der Waals surface area contributed by atoms with E-state index in [0.717, 1.165) is 11.6 Å². The number of rotatable bonds is 3. The molecule has 1 fully saturated rings. The minimum Gasteiger partial charge on any atom is -0.381 e. The highest BCUT2D eigenvalue weighted by atomic mass is 35.5. The van der Waals surface area contributed by atoms with Gasteiger partial charge in [0.05, 0.1) is 10.7 Å². The Hall–Kier alpha value is -0.760. The second-order valence-corrected chi connectivity index (χ2v) is 5.01. The number of nitrogens with one attached hydrogen (secondary N) is 1. The van der Waals surface area contributed by atoms with Crippen molar-refractivity contribution in [3.63, 3.8) is 0 Å². The normalized spacial score (nSPS) is 18.7. The molecule has 1 aromatic carbocycles. The molecule has 1 aliphatic rings. The van der Waals surface area contributed by atoms with Gasteiger partial charge in [0.15, 0.2) is 0 Å². The van der Waals surface area contributed by atoms with Gasteiger partial charge in [-0.05, 0) is 43.9 Å². The minimum atomic E-state index is -0.288. The molecule has 1 nitrogen and oxygen atoms in total. The summed E-state index contributed by atoms with van der Waals surface area (Å²) in [5, 5.41) is 3.84. The highest BCUT2D eigenvalue weighted by Gasteiger charge is 2.21. The van der Waals surface area contributed by atoms with Crippen LogP contribution in [0.4, 0.5) is 10.1 Å². The van der Waals surface area contributed by atoms with Gasteiger partial charge in [-0.15, -0.1) is 0 Å².